The normalized spacial score (nSPS) is 12.3. The van der Waals surface area contributed by atoms with Crippen LogP contribution in [0.5, 0.6) is 5.75 Å². The topological polar surface area (TPSA) is 41.6 Å². The lowest BCUT2D eigenvalue weighted by molar-refractivity contribution is -0.132. The average Bonchev–Trinajstić information content (AvgIpc) is 2.46. The Kier molecular flexibility index (Phi) is 7.08. The predicted molar refractivity (Wildman–Crippen MR) is 77.3 cm³/mol. The van der Waals surface area contributed by atoms with E-state index in [0.717, 1.165) is 0 Å². The van der Waals surface area contributed by atoms with Crippen LogP contribution in [0.2, 0.25) is 0 Å². The molecule has 0 radical (unpaired) electrons. The lowest BCUT2D eigenvalue weighted by Gasteiger charge is -2.23. The number of hydrogen-bond donors (Lipinski definition) is 1. The molecular formula is C15H22F2N2O2. The highest BCUT2D eigenvalue weighted by Gasteiger charge is 2.18. The number of carbonyl (C=O) groups is 1. The molecule has 1 aromatic rings. The third-order valence-electron chi connectivity index (χ3n) is 3.23. The number of likely N-dealkylation sites (N-methyl/N-ethyl adjacent to an activating group) is 1. The smallest absolute Gasteiger partial charge is 0.387 e. The van der Waals surface area contributed by atoms with E-state index >= 15 is 0 Å². The van der Waals surface area contributed by atoms with Gasteiger partial charge in [-0.05, 0) is 26.8 Å². The summed E-state index contributed by atoms with van der Waals surface area (Å²) in [6.45, 7) is 4.31. The Hall–Kier alpha value is -1.69. The first kappa shape index (κ1) is 17.4. The van der Waals surface area contributed by atoms with Crippen molar-refractivity contribution in [2.75, 3.05) is 13.1 Å². The molecule has 0 aromatic heterocycles. The Morgan fingerprint density at radius 3 is 2.48 bits per heavy atom. The molecule has 0 saturated heterocycles. The van der Waals surface area contributed by atoms with E-state index in [2.05, 4.69) is 10.1 Å². The van der Waals surface area contributed by atoms with Crippen molar-refractivity contribution in [1.29, 1.82) is 0 Å². The molecule has 21 heavy (non-hydrogen) atoms. The largest absolute Gasteiger partial charge is 0.434 e. The molecule has 0 bridgehead atoms. The predicted octanol–water partition coefficient (Wildman–Crippen LogP) is 2.63. The zero-order valence-electron chi connectivity index (χ0n) is 12.6. The Balaban J connectivity index is 2.64. The highest BCUT2D eigenvalue weighted by Crippen LogP contribution is 2.20. The first-order valence-corrected chi connectivity index (χ1v) is 7.04. The SMILES string of the molecule is CCN(CC)C(=O)C(C)NCc1ccccc1OC(F)F. The summed E-state index contributed by atoms with van der Waals surface area (Å²) in [6, 6.07) is 6.17. The molecule has 0 heterocycles. The van der Waals surface area contributed by atoms with Crippen LogP contribution in [-0.2, 0) is 11.3 Å². The van der Waals surface area contributed by atoms with Crippen LogP contribution in [0.1, 0.15) is 26.3 Å². The molecule has 0 aliphatic carbocycles. The summed E-state index contributed by atoms with van der Waals surface area (Å²) in [6.07, 6.45) is 0. The van der Waals surface area contributed by atoms with E-state index in [-0.39, 0.29) is 24.2 Å². The summed E-state index contributed by atoms with van der Waals surface area (Å²) in [5.74, 6) is 0.120. The average molecular weight is 300 g/mol. The fraction of sp³-hybridized carbons (Fsp3) is 0.533. The number of rotatable bonds is 8. The first-order chi connectivity index (χ1) is 9.99. The van der Waals surface area contributed by atoms with E-state index in [4.69, 9.17) is 0 Å². The van der Waals surface area contributed by atoms with Gasteiger partial charge in [-0.3, -0.25) is 4.79 Å². The lowest BCUT2D eigenvalue weighted by Crippen LogP contribution is -2.44. The molecule has 118 valence electrons. The molecule has 1 amide bonds. The summed E-state index contributed by atoms with van der Waals surface area (Å²) in [7, 11) is 0. The fourth-order valence-electron chi connectivity index (χ4n) is 2.02. The van der Waals surface area contributed by atoms with Crippen LogP contribution in [0, 0.1) is 0 Å². The molecule has 1 N–H and O–H groups in total. The fourth-order valence-corrected chi connectivity index (χ4v) is 2.02. The van der Waals surface area contributed by atoms with Gasteiger partial charge >= 0.3 is 6.61 Å². The van der Waals surface area contributed by atoms with Crippen LogP contribution in [0.15, 0.2) is 24.3 Å². The van der Waals surface area contributed by atoms with Crippen molar-refractivity contribution in [2.24, 2.45) is 0 Å². The van der Waals surface area contributed by atoms with Gasteiger partial charge in [0.15, 0.2) is 0 Å². The van der Waals surface area contributed by atoms with Crippen molar-refractivity contribution in [3.8, 4) is 5.75 Å². The summed E-state index contributed by atoms with van der Waals surface area (Å²) >= 11 is 0. The number of nitrogens with zero attached hydrogens (tertiary/aromatic N) is 1. The highest BCUT2D eigenvalue weighted by atomic mass is 19.3. The van der Waals surface area contributed by atoms with Gasteiger partial charge in [0.1, 0.15) is 5.75 Å². The molecule has 0 spiro atoms. The maximum absolute atomic E-state index is 12.3. The molecule has 0 aliphatic rings. The standard InChI is InChI=1S/C15H22F2N2O2/c1-4-19(5-2)14(20)11(3)18-10-12-8-6-7-9-13(12)21-15(16)17/h6-9,11,15,18H,4-5,10H2,1-3H3. The van der Waals surface area contributed by atoms with Crippen molar-refractivity contribution in [2.45, 2.75) is 40.0 Å². The number of nitrogens with one attached hydrogen (secondary N) is 1. The van der Waals surface area contributed by atoms with E-state index in [1.54, 1.807) is 30.0 Å². The quantitative estimate of drug-likeness (QED) is 0.802. The molecule has 1 unspecified atom stereocenters. The van der Waals surface area contributed by atoms with Gasteiger partial charge in [-0.25, -0.2) is 0 Å². The molecule has 0 saturated carbocycles. The van der Waals surface area contributed by atoms with Crippen molar-refractivity contribution in [3.63, 3.8) is 0 Å². The first-order valence-electron chi connectivity index (χ1n) is 7.04. The van der Waals surface area contributed by atoms with Gasteiger partial charge in [-0.15, -0.1) is 0 Å². The number of amides is 1. The monoisotopic (exact) mass is 300 g/mol. The maximum Gasteiger partial charge on any atom is 0.387 e. The van der Waals surface area contributed by atoms with E-state index in [0.29, 0.717) is 18.7 Å². The van der Waals surface area contributed by atoms with Crippen molar-refractivity contribution < 1.29 is 18.3 Å². The van der Waals surface area contributed by atoms with Gasteiger partial charge in [-0.2, -0.15) is 8.78 Å². The lowest BCUT2D eigenvalue weighted by atomic mass is 10.2. The summed E-state index contributed by atoms with van der Waals surface area (Å²) in [5.41, 5.74) is 0.594. The second-order valence-electron chi connectivity index (χ2n) is 4.60. The number of benzene rings is 1. The van der Waals surface area contributed by atoms with E-state index in [1.807, 2.05) is 13.8 Å². The maximum atomic E-state index is 12.3. The second-order valence-corrected chi connectivity index (χ2v) is 4.60. The van der Waals surface area contributed by atoms with E-state index < -0.39 is 6.61 Å². The number of alkyl halides is 2. The molecule has 4 nitrogen and oxygen atoms in total. The number of carbonyl (C=O) groups excluding carboxylic acids is 1. The molecule has 0 aliphatic heterocycles. The minimum Gasteiger partial charge on any atom is -0.434 e. The minimum absolute atomic E-state index is 0.00717. The summed E-state index contributed by atoms with van der Waals surface area (Å²) < 4.78 is 29.1. The molecule has 1 rings (SSSR count). The van der Waals surface area contributed by atoms with E-state index in [9.17, 15) is 13.6 Å². The van der Waals surface area contributed by atoms with E-state index in [1.165, 1.54) is 6.07 Å². The Morgan fingerprint density at radius 2 is 1.90 bits per heavy atom. The van der Waals surface area contributed by atoms with Gasteiger partial charge in [0.2, 0.25) is 5.91 Å². The molecule has 1 aromatic carbocycles. The van der Waals surface area contributed by atoms with Gasteiger partial charge in [-0.1, -0.05) is 18.2 Å². The Morgan fingerprint density at radius 1 is 1.29 bits per heavy atom. The van der Waals surface area contributed by atoms with Crippen molar-refractivity contribution in [3.05, 3.63) is 29.8 Å². The van der Waals surface area contributed by atoms with Gasteiger partial charge in [0.05, 0.1) is 6.04 Å². The summed E-state index contributed by atoms with van der Waals surface area (Å²) in [4.78, 5) is 13.8. The van der Waals surface area contributed by atoms with Crippen molar-refractivity contribution in [1.82, 2.24) is 10.2 Å². The van der Waals surface area contributed by atoms with Crippen LogP contribution >= 0.6 is 0 Å². The third-order valence-corrected chi connectivity index (χ3v) is 3.23. The molecule has 0 fully saturated rings. The highest BCUT2D eigenvalue weighted by molar-refractivity contribution is 5.81. The number of ether oxygens (including phenoxy) is 1. The van der Waals surface area contributed by atoms with Crippen LogP contribution in [-0.4, -0.2) is 36.5 Å². The molecule has 6 heteroatoms. The van der Waals surface area contributed by atoms with Crippen LogP contribution < -0.4 is 10.1 Å². The van der Waals surface area contributed by atoms with Crippen molar-refractivity contribution >= 4 is 5.91 Å². The summed E-state index contributed by atoms with van der Waals surface area (Å²) in [5, 5.41) is 3.05. The third kappa shape index (κ3) is 5.30. The molecule has 1 atom stereocenters. The zero-order valence-corrected chi connectivity index (χ0v) is 12.6. The minimum atomic E-state index is -2.86. The van der Waals surface area contributed by atoms with Crippen LogP contribution in [0.4, 0.5) is 8.78 Å². The zero-order chi connectivity index (χ0) is 15.8. The second kappa shape index (κ2) is 8.56. The van der Waals surface area contributed by atoms with Crippen LogP contribution in [0.3, 0.4) is 0 Å². The van der Waals surface area contributed by atoms with Gasteiger partial charge in [0.25, 0.3) is 0 Å². The Bertz CT molecular complexity index is 451. The van der Waals surface area contributed by atoms with Gasteiger partial charge in [0, 0.05) is 25.2 Å². The Labute approximate surface area is 124 Å². The van der Waals surface area contributed by atoms with Crippen LogP contribution in [0.25, 0.3) is 0 Å². The number of hydrogen-bond acceptors (Lipinski definition) is 3. The number of halogens is 2. The number of para-hydroxylation sites is 1. The van der Waals surface area contributed by atoms with Gasteiger partial charge < -0.3 is 15.0 Å². The molecular weight excluding hydrogens is 278 g/mol.